The summed E-state index contributed by atoms with van der Waals surface area (Å²) >= 11 is 0. The average molecular weight is 234 g/mol. The van der Waals surface area contributed by atoms with Gasteiger partial charge in [0.1, 0.15) is 5.75 Å². The molecule has 0 aliphatic carbocycles. The largest absolute Gasteiger partial charge is 0.491 e. The molecule has 3 nitrogen and oxygen atoms in total. The number of ether oxygens (including phenoxy) is 1. The summed E-state index contributed by atoms with van der Waals surface area (Å²) in [5, 5.41) is 0. The van der Waals surface area contributed by atoms with Crippen molar-refractivity contribution in [2.24, 2.45) is 5.73 Å². The molecule has 1 heterocycles. The van der Waals surface area contributed by atoms with Gasteiger partial charge in [-0.25, -0.2) is 0 Å². The van der Waals surface area contributed by atoms with E-state index in [-0.39, 0.29) is 12.1 Å². The highest BCUT2D eigenvalue weighted by atomic mass is 16.5. The molecule has 0 aromatic heterocycles. The fraction of sp³-hybridized carbons (Fsp3) is 0.571. The van der Waals surface area contributed by atoms with Gasteiger partial charge in [-0.2, -0.15) is 0 Å². The van der Waals surface area contributed by atoms with Crippen molar-refractivity contribution < 1.29 is 4.74 Å². The number of likely N-dealkylation sites (tertiary alicyclic amines) is 1. The first-order valence-corrected chi connectivity index (χ1v) is 6.30. The molecule has 1 aromatic carbocycles. The second-order valence-corrected chi connectivity index (χ2v) is 5.11. The van der Waals surface area contributed by atoms with Crippen LogP contribution in [0.1, 0.15) is 31.9 Å². The van der Waals surface area contributed by atoms with Crippen LogP contribution in [0.25, 0.3) is 0 Å². The molecule has 1 aliphatic heterocycles. The van der Waals surface area contributed by atoms with Gasteiger partial charge in [0.2, 0.25) is 0 Å². The fourth-order valence-electron chi connectivity index (χ4n) is 2.49. The van der Waals surface area contributed by atoms with Gasteiger partial charge in [-0.15, -0.1) is 0 Å². The van der Waals surface area contributed by atoms with Crippen molar-refractivity contribution in [2.75, 3.05) is 13.6 Å². The molecule has 0 radical (unpaired) electrons. The van der Waals surface area contributed by atoms with Crippen LogP contribution in [0, 0.1) is 0 Å². The Kier molecular flexibility index (Phi) is 3.69. The number of likely N-dealkylation sites (N-methyl/N-ethyl adjacent to an activating group) is 1. The lowest BCUT2D eigenvalue weighted by Gasteiger charge is -2.23. The smallest absolute Gasteiger partial charge is 0.119 e. The topological polar surface area (TPSA) is 38.5 Å². The van der Waals surface area contributed by atoms with E-state index in [1.807, 2.05) is 26.0 Å². The first-order valence-electron chi connectivity index (χ1n) is 6.30. The van der Waals surface area contributed by atoms with E-state index in [1.165, 1.54) is 5.56 Å². The summed E-state index contributed by atoms with van der Waals surface area (Å²) in [5.41, 5.74) is 7.43. The molecule has 94 valence electrons. The summed E-state index contributed by atoms with van der Waals surface area (Å²) in [6, 6.07) is 8.93. The molecule has 0 bridgehead atoms. The van der Waals surface area contributed by atoms with Crippen molar-refractivity contribution >= 4 is 0 Å². The van der Waals surface area contributed by atoms with Crippen LogP contribution in [0.2, 0.25) is 0 Å². The van der Waals surface area contributed by atoms with E-state index in [0.717, 1.165) is 18.7 Å². The number of hydrogen-bond donors (Lipinski definition) is 1. The highest BCUT2D eigenvalue weighted by molar-refractivity contribution is 5.30. The second kappa shape index (κ2) is 5.07. The van der Waals surface area contributed by atoms with Crippen LogP contribution in [0.15, 0.2) is 24.3 Å². The fourth-order valence-corrected chi connectivity index (χ4v) is 2.49. The standard InChI is InChI=1S/C14H22N2O/c1-10(2)17-12-6-4-11(5-7-12)14-13(15)8-9-16(14)3/h4-7,10,13-14H,8-9,15H2,1-3H3. The van der Waals surface area contributed by atoms with E-state index >= 15 is 0 Å². The Balaban J connectivity index is 2.12. The van der Waals surface area contributed by atoms with Crippen molar-refractivity contribution in [3.63, 3.8) is 0 Å². The van der Waals surface area contributed by atoms with Crippen LogP contribution in [0.4, 0.5) is 0 Å². The van der Waals surface area contributed by atoms with Gasteiger partial charge in [-0.1, -0.05) is 12.1 Å². The molecular weight excluding hydrogens is 212 g/mol. The SMILES string of the molecule is CC(C)Oc1ccc(C2C(N)CCN2C)cc1. The quantitative estimate of drug-likeness (QED) is 0.871. The first-order chi connectivity index (χ1) is 8.08. The maximum absolute atomic E-state index is 6.15. The lowest BCUT2D eigenvalue weighted by Crippen LogP contribution is -2.29. The summed E-state index contributed by atoms with van der Waals surface area (Å²) in [6.45, 7) is 5.15. The molecule has 1 aromatic rings. The van der Waals surface area contributed by atoms with E-state index in [4.69, 9.17) is 10.5 Å². The normalized spacial score (nSPS) is 25.5. The molecule has 0 saturated carbocycles. The monoisotopic (exact) mass is 234 g/mol. The van der Waals surface area contributed by atoms with Gasteiger partial charge in [-0.05, 0) is 45.0 Å². The highest BCUT2D eigenvalue weighted by Crippen LogP contribution is 2.30. The molecule has 17 heavy (non-hydrogen) atoms. The molecule has 0 spiro atoms. The van der Waals surface area contributed by atoms with Crippen LogP contribution in [-0.4, -0.2) is 30.6 Å². The average Bonchev–Trinajstić information content (AvgIpc) is 2.59. The lowest BCUT2D eigenvalue weighted by molar-refractivity contribution is 0.242. The Morgan fingerprint density at radius 3 is 2.41 bits per heavy atom. The number of rotatable bonds is 3. The second-order valence-electron chi connectivity index (χ2n) is 5.11. The molecule has 2 N–H and O–H groups in total. The Hall–Kier alpha value is -1.06. The Morgan fingerprint density at radius 2 is 1.94 bits per heavy atom. The third-order valence-corrected chi connectivity index (χ3v) is 3.29. The molecule has 0 amide bonds. The minimum absolute atomic E-state index is 0.220. The molecule has 1 saturated heterocycles. The molecule has 3 heteroatoms. The van der Waals surface area contributed by atoms with E-state index in [0.29, 0.717) is 6.04 Å². The van der Waals surface area contributed by atoms with E-state index in [1.54, 1.807) is 0 Å². The third kappa shape index (κ3) is 2.79. The van der Waals surface area contributed by atoms with Crippen molar-refractivity contribution in [1.29, 1.82) is 0 Å². The van der Waals surface area contributed by atoms with Crippen LogP contribution >= 0.6 is 0 Å². The maximum Gasteiger partial charge on any atom is 0.119 e. The Labute approximate surface area is 104 Å². The van der Waals surface area contributed by atoms with Crippen molar-refractivity contribution in [2.45, 2.75) is 38.5 Å². The summed E-state index contributed by atoms with van der Waals surface area (Å²) in [5.74, 6) is 0.929. The van der Waals surface area contributed by atoms with Gasteiger partial charge in [0, 0.05) is 18.6 Å². The van der Waals surface area contributed by atoms with E-state index < -0.39 is 0 Å². The van der Waals surface area contributed by atoms with E-state index in [9.17, 15) is 0 Å². The Morgan fingerprint density at radius 1 is 1.29 bits per heavy atom. The van der Waals surface area contributed by atoms with Crippen molar-refractivity contribution in [3.05, 3.63) is 29.8 Å². The Bertz CT molecular complexity index is 351. The zero-order chi connectivity index (χ0) is 12.4. The number of nitrogens with two attached hydrogens (primary N) is 1. The molecule has 2 atom stereocenters. The lowest BCUT2D eigenvalue weighted by atomic mass is 10.0. The zero-order valence-corrected chi connectivity index (χ0v) is 10.9. The molecule has 2 rings (SSSR count). The number of nitrogens with zero attached hydrogens (tertiary/aromatic N) is 1. The molecule has 2 unspecified atom stereocenters. The molecule has 1 aliphatic rings. The minimum Gasteiger partial charge on any atom is -0.491 e. The summed E-state index contributed by atoms with van der Waals surface area (Å²) in [6.07, 6.45) is 1.29. The summed E-state index contributed by atoms with van der Waals surface area (Å²) in [4.78, 5) is 2.32. The van der Waals surface area contributed by atoms with Crippen LogP contribution in [0.5, 0.6) is 5.75 Å². The molecule has 1 fully saturated rings. The molecular formula is C14H22N2O. The van der Waals surface area contributed by atoms with Gasteiger partial charge in [0.15, 0.2) is 0 Å². The first kappa shape index (κ1) is 12.4. The zero-order valence-electron chi connectivity index (χ0n) is 10.9. The highest BCUT2D eigenvalue weighted by Gasteiger charge is 2.29. The van der Waals surface area contributed by atoms with Gasteiger partial charge in [0.05, 0.1) is 6.10 Å². The van der Waals surface area contributed by atoms with Crippen LogP contribution in [-0.2, 0) is 0 Å². The number of hydrogen-bond acceptors (Lipinski definition) is 3. The van der Waals surface area contributed by atoms with Crippen LogP contribution < -0.4 is 10.5 Å². The van der Waals surface area contributed by atoms with Gasteiger partial charge >= 0.3 is 0 Å². The minimum atomic E-state index is 0.220. The van der Waals surface area contributed by atoms with Gasteiger partial charge in [0.25, 0.3) is 0 Å². The predicted molar refractivity (Wildman–Crippen MR) is 70.2 cm³/mol. The van der Waals surface area contributed by atoms with Gasteiger partial charge in [-0.3, -0.25) is 4.90 Å². The summed E-state index contributed by atoms with van der Waals surface area (Å²) in [7, 11) is 2.13. The predicted octanol–water partition coefficient (Wildman–Crippen LogP) is 2.18. The van der Waals surface area contributed by atoms with Crippen LogP contribution in [0.3, 0.4) is 0 Å². The van der Waals surface area contributed by atoms with Crippen molar-refractivity contribution in [3.8, 4) is 5.75 Å². The van der Waals surface area contributed by atoms with E-state index in [2.05, 4.69) is 24.1 Å². The number of benzene rings is 1. The van der Waals surface area contributed by atoms with Gasteiger partial charge < -0.3 is 10.5 Å². The third-order valence-electron chi connectivity index (χ3n) is 3.29. The maximum atomic E-state index is 6.15. The summed E-state index contributed by atoms with van der Waals surface area (Å²) < 4.78 is 5.64. The van der Waals surface area contributed by atoms with Crippen molar-refractivity contribution in [1.82, 2.24) is 4.90 Å².